The molecule has 1 fully saturated rings. The van der Waals surface area contributed by atoms with Crippen molar-refractivity contribution in [3.63, 3.8) is 0 Å². The molecular weight excluding hydrogens is 258 g/mol. The molecule has 106 valence electrons. The largest absolute Gasteiger partial charge is 0.463 e. The number of nitrogens with two attached hydrogens (primary N) is 1. The molecule has 0 aliphatic heterocycles. The van der Waals surface area contributed by atoms with Crippen LogP contribution < -0.4 is 16.0 Å². The standard InChI is InChI=1S/C12H17N7O/c13-18-10-15-11(19-7-3-6-14-19)17-12(16-10)20-8-9-4-1-2-5-9/h3,6-7,9H,1-2,4-5,8,13H2,(H,15,16,17,18). The molecular formula is C12H17N7O. The molecule has 0 aromatic carbocycles. The fourth-order valence-corrected chi connectivity index (χ4v) is 2.33. The topological polar surface area (TPSA) is 104 Å². The summed E-state index contributed by atoms with van der Waals surface area (Å²) in [6, 6.07) is 2.06. The van der Waals surface area contributed by atoms with Crippen LogP contribution in [0.4, 0.5) is 5.95 Å². The van der Waals surface area contributed by atoms with Gasteiger partial charge in [0.2, 0.25) is 5.95 Å². The summed E-state index contributed by atoms with van der Waals surface area (Å²) in [6.45, 7) is 0.632. The molecule has 0 atom stereocenters. The van der Waals surface area contributed by atoms with Gasteiger partial charge < -0.3 is 4.74 Å². The van der Waals surface area contributed by atoms with E-state index in [4.69, 9.17) is 10.6 Å². The zero-order valence-corrected chi connectivity index (χ0v) is 11.1. The molecule has 0 spiro atoms. The lowest BCUT2D eigenvalue weighted by molar-refractivity contribution is 0.233. The Morgan fingerprint density at radius 1 is 1.30 bits per heavy atom. The molecule has 1 saturated carbocycles. The van der Waals surface area contributed by atoms with Crippen LogP contribution in [0.2, 0.25) is 0 Å². The Labute approximate surface area is 116 Å². The van der Waals surface area contributed by atoms with E-state index in [1.165, 1.54) is 30.4 Å². The van der Waals surface area contributed by atoms with Crippen LogP contribution in [-0.2, 0) is 0 Å². The fraction of sp³-hybridized carbons (Fsp3) is 0.500. The smallest absolute Gasteiger partial charge is 0.323 e. The Morgan fingerprint density at radius 2 is 2.15 bits per heavy atom. The fourth-order valence-electron chi connectivity index (χ4n) is 2.33. The van der Waals surface area contributed by atoms with Crippen molar-refractivity contribution in [2.24, 2.45) is 11.8 Å². The number of nitrogens with zero attached hydrogens (tertiary/aromatic N) is 5. The predicted molar refractivity (Wildman–Crippen MR) is 72.2 cm³/mol. The number of nitrogens with one attached hydrogen (secondary N) is 1. The van der Waals surface area contributed by atoms with Crippen molar-refractivity contribution in [3.05, 3.63) is 18.5 Å². The second-order valence-corrected chi connectivity index (χ2v) is 4.80. The van der Waals surface area contributed by atoms with Gasteiger partial charge in [-0.05, 0) is 24.8 Å². The number of rotatable bonds is 5. The summed E-state index contributed by atoms with van der Waals surface area (Å²) < 4.78 is 7.20. The van der Waals surface area contributed by atoms with E-state index in [2.05, 4.69) is 25.5 Å². The van der Waals surface area contributed by atoms with E-state index in [-0.39, 0.29) is 12.0 Å². The molecule has 1 aliphatic rings. The summed E-state index contributed by atoms with van der Waals surface area (Å²) in [5.74, 6) is 6.59. The van der Waals surface area contributed by atoms with E-state index in [9.17, 15) is 0 Å². The monoisotopic (exact) mass is 275 g/mol. The molecule has 0 amide bonds. The third-order valence-electron chi connectivity index (χ3n) is 3.36. The molecule has 0 bridgehead atoms. The van der Waals surface area contributed by atoms with Crippen molar-refractivity contribution in [3.8, 4) is 12.0 Å². The second-order valence-electron chi connectivity index (χ2n) is 4.80. The van der Waals surface area contributed by atoms with Gasteiger partial charge in [0.05, 0.1) is 6.61 Å². The van der Waals surface area contributed by atoms with Gasteiger partial charge in [-0.15, -0.1) is 0 Å². The van der Waals surface area contributed by atoms with Gasteiger partial charge in [0.15, 0.2) is 0 Å². The molecule has 0 radical (unpaired) electrons. The van der Waals surface area contributed by atoms with Gasteiger partial charge in [0.1, 0.15) is 0 Å². The maximum atomic E-state index is 5.67. The molecule has 0 unspecified atom stereocenters. The average Bonchev–Trinajstić information content (AvgIpc) is 3.17. The van der Waals surface area contributed by atoms with Crippen LogP contribution in [0.1, 0.15) is 25.7 Å². The van der Waals surface area contributed by atoms with Crippen molar-refractivity contribution >= 4 is 5.95 Å². The maximum Gasteiger partial charge on any atom is 0.323 e. The predicted octanol–water partition coefficient (Wildman–Crippen LogP) is 0.912. The van der Waals surface area contributed by atoms with Crippen molar-refractivity contribution in [2.45, 2.75) is 25.7 Å². The molecule has 3 rings (SSSR count). The Balaban J connectivity index is 1.77. The van der Waals surface area contributed by atoms with E-state index < -0.39 is 0 Å². The SMILES string of the molecule is NNc1nc(OCC2CCCC2)nc(-n2cccn2)n1. The van der Waals surface area contributed by atoms with Crippen LogP contribution >= 0.6 is 0 Å². The van der Waals surface area contributed by atoms with Crippen LogP contribution in [0.5, 0.6) is 6.01 Å². The lowest BCUT2D eigenvalue weighted by Gasteiger charge is -2.11. The first kappa shape index (κ1) is 12.8. The van der Waals surface area contributed by atoms with Gasteiger partial charge in [-0.1, -0.05) is 12.8 Å². The van der Waals surface area contributed by atoms with E-state index in [1.807, 2.05) is 0 Å². The van der Waals surface area contributed by atoms with E-state index in [0.717, 1.165) is 0 Å². The molecule has 8 nitrogen and oxygen atoms in total. The van der Waals surface area contributed by atoms with Crippen molar-refractivity contribution in [2.75, 3.05) is 12.0 Å². The van der Waals surface area contributed by atoms with Crippen LogP contribution in [0.3, 0.4) is 0 Å². The van der Waals surface area contributed by atoms with Crippen molar-refractivity contribution in [1.29, 1.82) is 0 Å². The number of aromatic nitrogens is 5. The number of anilines is 1. The molecule has 20 heavy (non-hydrogen) atoms. The molecule has 3 N–H and O–H groups in total. The summed E-state index contributed by atoms with van der Waals surface area (Å²) in [6.07, 6.45) is 8.37. The third-order valence-corrected chi connectivity index (χ3v) is 3.36. The Hall–Kier alpha value is -2.22. The summed E-state index contributed by atoms with van der Waals surface area (Å²) in [5.41, 5.74) is 2.41. The molecule has 0 saturated heterocycles. The lowest BCUT2D eigenvalue weighted by atomic mass is 10.1. The zero-order chi connectivity index (χ0) is 13.8. The van der Waals surface area contributed by atoms with Gasteiger partial charge >= 0.3 is 6.01 Å². The van der Waals surface area contributed by atoms with Crippen molar-refractivity contribution < 1.29 is 4.74 Å². The highest BCUT2D eigenvalue weighted by atomic mass is 16.5. The van der Waals surface area contributed by atoms with Gasteiger partial charge in [-0.3, -0.25) is 5.43 Å². The highest BCUT2D eigenvalue weighted by Gasteiger charge is 2.17. The quantitative estimate of drug-likeness (QED) is 0.617. The Morgan fingerprint density at radius 3 is 2.85 bits per heavy atom. The summed E-state index contributed by atoms with van der Waals surface area (Å²) >= 11 is 0. The number of hydrogen-bond acceptors (Lipinski definition) is 7. The van der Waals surface area contributed by atoms with Crippen LogP contribution in [0, 0.1) is 5.92 Å². The van der Waals surface area contributed by atoms with E-state index >= 15 is 0 Å². The third kappa shape index (κ3) is 2.85. The van der Waals surface area contributed by atoms with E-state index in [1.54, 1.807) is 18.5 Å². The highest BCUT2D eigenvalue weighted by molar-refractivity contribution is 5.28. The molecule has 2 aromatic heterocycles. The number of nitrogen functional groups attached to an aromatic ring is 1. The zero-order valence-electron chi connectivity index (χ0n) is 11.1. The Kier molecular flexibility index (Phi) is 3.73. The minimum atomic E-state index is 0.256. The molecule has 2 heterocycles. The van der Waals surface area contributed by atoms with Gasteiger partial charge in [-0.25, -0.2) is 10.5 Å². The summed E-state index contributed by atoms with van der Waals surface area (Å²) in [5, 5.41) is 4.08. The number of ether oxygens (including phenoxy) is 1. The number of hydrazine groups is 1. The van der Waals surface area contributed by atoms with Crippen LogP contribution in [0.25, 0.3) is 5.95 Å². The first-order chi connectivity index (χ1) is 9.85. The lowest BCUT2D eigenvalue weighted by Crippen LogP contribution is -2.16. The minimum Gasteiger partial charge on any atom is -0.463 e. The summed E-state index contributed by atoms with van der Waals surface area (Å²) in [7, 11) is 0. The van der Waals surface area contributed by atoms with Gasteiger partial charge in [-0.2, -0.15) is 20.1 Å². The molecule has 2 aromatic rings. The second kappa shape index (κ2) is 5.83. The van der Waals surface area contributed by atoms with Crippen molar-refractivity contribution in [1.82, 2.24) is 24.7 Å². The first-order valence-corrected chi connectivity index (χ1v) is 6.70. The molecule has 1 aliphatic carbocycles. The van der Waals surface area contributed by atoms with Crippen LogP contribution in [-0.4, -0.2) is 31.3 Å². The van der Waals surface area contributed by atoms with Gasteiger partial charge in [0, 0.05) is 12.4 Å². The Bertz CT molecular complexity index is 551. The minimum absolute atomic E-state index is 0.256. The first-order valence-electron chi connectivity index (χ1n) is 6.70. The average molecular weight is 275 g/mol. The maximum absolute atomic E-state index is 5.67. The van der Waals surface area contributed by atoms with Crippen LogP contribution in [0.15, 0.2) is 18.5 Å². The van der Waals surface area contributed by atoms with Gasteiger partial charge in [0.25, 0.3) is 5.95 Å². The number of hydrogen-bond donors (Lipinski definition) is 2. The highest BCUT2D eigenvalue weighted by Crippen LogP contribution is 2.25. The van der Waals surface area contributed by atoms with E-state index in [0.29, 0.717) is 18.5 Å². The normalized spacial score (nSPS) is 15.4. The summed E-state index contributed by atoms with van der Waals surface area (Å²) in [4.78, 5) is 12.5. The molecule has 8 heteroatoms.